The van der Waals surface area contributed by atoms with Crippen LogP contribution in [0.3, 0.4) is 0 Å². The van der Waals surface area contributed by atoms with Gasteiger partial charge in [0.25, 0.3) is 0 Å². The van der Waals surface area contributed by atoms with Crippen molar-refractivity contribution >= 4 is 17.6 Å². The van der Waals surface area contributed by atoms with Gasteiger partial charge in [0.1, 0.15) is 18.5 Å². The van der Waals surface area contributed by atoms with E-state index in [4.69, 9.17) is 16.3 Å². The van der Waals surface area contributed by atoms with E-state index in [9.17, 15) is 4.79 Å². The van der Waals surface area contributed by atoms with Crippen molar-refractivity contribution in [2.24, 2.45) is 0 Å². The van der Waals surface area contributed by atoms with Gasteiger partial charge in [0, 0.05) is 18.5 Å². The minimum atomic E-state index is -0.417. The van der Waals surface area contributed by atoms with Crippen LogP contribution in [0.15, 0.2) is 78.9 Å². The topological polar surface area (TPSA) is 102 Å². The normalized spacial score (nSPS) is 12.0. The van der Waals surface area contributed by atoms with Gasteiger partial charge in [-0.05, 0) is 54.4 Å². The average molecular weight is 598 g/mol. The molecule has 10 heteroatoms. The Morgan fingerprint density at radius 1 is 0.977 bits per heavy atom. The lowest BCUT2D eigenvalue weighted by molar-refractivity contribution is -0.150. The van der Waals surface area contributed by atoms with Gasteiger partial charge in [-0.1, -0.05) is 104 Å². The highest BCUT2D eigenvalue weighted by Crippen LogP contribution is 2.30. The molecule has 0 unspecified atom stereocenters. The number of unbranched alkanes of at least 4 members (excludes halogenated alkanes) is 1. The van der Waals surface area contributed by atoms with Crippen LogP contribution in [0.4, 0.5) is 0 Å². The number of nitrogens with zero attached hydrogens (tertiary/aromatic N) is 6. The Morgan fingerprint density at radius 2 is 1.70 bits per heavy atom. The van der Waals surface area contributed by atoms with Crippen molar-refractivity contribution in [3.05, 3.63) is 107 Å². The van der Waals surface area contributed by atoms with E-state index in [0.29, 0.717) is 29.6 Å². The summed E-state index contributed by atoms with van der Waals surface area (Å²) in [5.41, 5.74) is 5.82. The van der Waals surface area contributed by atoms with E-state index in [1.807, 2.05) is 73.6 Å². The summed E-state index contributed by atoms with van der Waals surface area (Å²) in [6, 6.07) is 25.9. The molecule has 1 N–H and O–H groups in total. The molecule has 9 nitrogen and oxygen atoms in total. The van der Waals surface area contributed by atoms with Gasteiger partial charge in [-0.25, -0.2) is 4.98 Å². The van der Waals surface area contributed by atoms with Crippen LogP contribution in [0.1, 0.15) is 42.4 Å². The highest BCUT2D eigenvalue weighted by atomic mass is 35.5. The molecule has 1 atom stereocenters. The fourth-order valence-corrected chi connectivity index (χ4v) is 5.34. The maximum absolute atomic E-state index is 13.3. The number of nitrogens with one attached hydrogen (secondary N) is 1. The van der Waals surface area contributed by atoms with E-state index in [2.05, 4.69) is 61.4 Å². The van der Waals surface area contributed by atoms with Crippen molar-refractivity contribution < 1.29 is 9.53 Å². The van der Waals surface area contributed by atoms with Gasteiger partial charge in [0.05, 0.1) is 5.69 Å². The van der Waals surface area contributed by atoms with E-state index in [1.54, 1.807) is 0 Å². The van der Waals surface area contributed by atoms with E-state index >= 15 is 0 Å². The smallest absolute Gasteiger partial charge is 0.324 e. The number of rotatable bonds is 13. The lowest BCUT2D eigenvalue weighted by Crippen LogP contribution is -2.39. The summed E-state index contributed by atoms with van der Waals surface area (Å²) in [7, 11) is 3.78. The summed E-state index contributed by atoms with van der Waals surface area (Å²) in [4.78, 5) is 19.8. The highest BCUT2D eigenvalue weighted by molar-refractivity contribution is 6.30. The molecule has 0 aliphatic rings. The zero-order chi connectivity index (χ0) is 30.2. The number of tetrazole rings is 1. The summed E-state index contributed by atoms with van der Waals surface area (Å²) in [5.74, 6) is 1.14. The molecule has 0 saturated carbocycles. The minimum Gasteiger partial charge on any atom is -0.458 e. The zero-order valence-electron chi connectivity index (χ0n) is 24.7. The second kappa shape index (κ2) is 14.2. The fraction of sp³-hybridized carbons (Fsp3) is 0.303. The zero-order valence-corrected chi connectivity index (χ0v) is 25.5. The molecule has 2 heterocycles. The van der Waals surface area contributed by atoms with E-state index < -0.39 is 6.04 Å². The van der Waals surface area contributed by atoms with Crippen LogP contribution in [-0.2, 0) is 35.5 Å². The van der Waals surface area contributed by atoms with E-state index in [0.717, 1.165) is 52.9 Å². The van der Waals surface area contributed by atoms with Crippen molar-refractivity contribution in [1.82, 2.24) is 35.1 Å². The minimum absolute atomic E-state index is 0.0477. The van der Waals surface area contributed by atoms with Crippen LogP contribution < -0.4 is 0 Å². The second-order valence-electron chi connectivity index (χ2n) is 10.7. The number of esters is 1. The number of H-pyrrole nitrogens is 1. The Kier molecular flexibility index (Phi) is 9.96. The fourth-order valence-electron chi connectivity index (χ4n) is 5.08. The molecule has 0 saturated heterocycles. The molecule has 222 valence electrons. The van der Waals surface area contributed by atoms with E-state index in [-0.39, 0.29) is 12.6 Å². The van der Waals surface area contributed by atoms with Gasteiger partial charge in [0.2, 0.25) is 5.82 Å². The molecule has 5 rings (SSSR count). The van der Waals surface area contributed by atoms with Gasteiger partial charge in [-0.2, -0.15) is 5.21 Å². The SMILES string of the molecule is CCCCc1nc(Cl)c(COC(=O)[C@@H](Cc2ccccc2)N(C)C)n1Cc1ccc(-c2ccccc2-c2nn[nH]n2)cc1. The number of hydrogen-bond donors (Lipinski definition) is 1. The Bertz CT molecular complexity index is 1620. The number of imidazole rings is 1. The largest absolute Gasteiger partial charge is 0.458 e. The molecule has 0 radical (unpaired) electrons. The van der Waals surface area contributed by atoms with Crippen molar-refractivity contribution in [1.29, 1.82) is 0 Å². The molecule has 0 amide bonds. The molecular formula is C33H36ClN7O2. The molecule has 0 aliphatic carbocycles. The number of hydrogen-bond acceptors (Lipinski definition) is 7. The number of carbonyl (C=O) groups is 1. The average Bonchev–Trinajstić information content (AvgIpc) is 3.66. The Hall–Kier alpha value is -4.34. The van der Waals surface area contributed by atoms with Gasteiger partial charge >= 0.3 is 5.97 Å². The number of likely N-dealkylation sites (N-methyl/N-ethyl adjacent to an activating group) is 1. The van der Waals surface area contributed by atoms with Crippen LogP contribution in [-0.4, -0.2) is 61.2 Å². The maximum atomic E-state index is 13.3. The lowest BCUT2D eigenvalue weighted by atomic mass is 9.98. The quantitative estimate of drug-likeness (QED) is 0.166. The van der Waals surface area contributed by atoms with Gasteiger partial charge in [-0.3, -0.25) is 9.69 Å². The molecule has 43 heavy (non-hydrogen) atoms. The number of aromatic amines is 1. The van der Waals surface area contributed by atoms with Crippen LogP contribution in [0, 0.1) is 0 Å². The Morgan fingerprint density at radius 3 is 2.37 bits per heavy atom. The summed E-state index contributed by atoms with van der Waals surface area (Å²) in [5, 5.41) is 14.9. The first kappa shape index (κ1) is 30.1. The number of halogens is 1. The summed E-state index contributed by atoms with van der Waals surface area (Å²) in [6.07, 6.45) is 3.36. The van der Waals surface area contributed by atoms with Crippen molar-refractivity contribution in [2.45, 2.75) is 51.8 Å². The third-order valence-corrected chi connectivity index (χ3v) is 7.80. The third-order valence-electron chi connectivity index (χ3n) is 7.49. The number of carbonyl (C=O) groups excluding carboxylic acids is 1. The first-order valence-corrected chi connectivity index (χ1v) is 14.8. The van der Waals surface area contributed by atoms with Crippen molar-refractivity contribution in [2.75, 3.05) is 14.1 Å². The molecule has 2 aromatic heterocycles. The Labute approximate surface area is 256 Å². The van der Waals surface area contributed by atoms with Gasteiger partial charge in [0.15, 0.2) is 5.15 Å². The number of aryl methyl sites for hydroxylation is 1. The summed E-state index contributed by atoms with van der Waals surface area (Å²) in [6.45, 7) is 2.75. The molecule has 0 aliphatic heterocycles. The number of benzene rings is 3. The van der Waals surface area contributed by atoms with Crippen molar-refractivity contribution in [3.63, 3.8) is 0 Å². The third kappa shape index (κ3) is 7.36. The molecule has 3 aromatic carbocycles. The molecular weight excluding hydrogens is 562 g/mol. The second-order valence-corrected chi connectivity index (χ2v) is 11.1. The number of aromatic nitrogens is 6. The first-order chi connectivity index (χ1) is 20.9. The van der Waals surface area contributed by atoms with Gasteiger partial charge < -0.3 is 9.30 Å². The Balaban J connectivity index is 1.36. The van der Waals surface area contributed by atoms with Crippen LogP contribution in [0.25, 0.3) is 22.5 Å². The predicted octanol–water partition coefficient (Wildman–Crippen LogP) is 5.99. The van der Waals surface area contributed by atoms with E-state index in [1.165, 1.54) is 0 Å². The molecule has 0 spiro atoms. The predicted molar refractivity (Wildman–Crippen MR) is 167 cm³/mol. The van der Waals surface area contributed by atoms with Crippen molar-refractivity contribution in [3.8, 4) is 22.5 Å². The monoisotopic (exact) mass is 597 g/mol. The summed E-state index contributed by atoms with van der Waals surface area (Å²) >= 11 is 6.67. The number of ether oxygens (including phenoxy) is 1. The first-order valence-electron chi connectivity index (χ1n) is 14.5. The van der Waals surface area contributed by atoms with Gasteiger partial charge in [-0.15, -0.1) is 10.2 Å². The lowest BCUT2D eigenvalue weighted by Gasteiger charge is -2.23. The molecule has 5 aromatic rings. The van der Waals surface area contributed by atoms with Crippen LogP contribution in [0.5, 0.6) is 0 Å². The standard InChI is InChI=1S/C33H36ClN7O2/c1-4-5-15-30-35-31(34)29(22-43-33(42)28(40(2)3)20-23-11-7-6-8-12-23)41(30)21-24-16-18-25(19-17-24)26-13-9-10-14-27(26)32-36-38-39-37-32/h6-14,16-19,28H,4-5,15,20-22H2,1-3H3,(H,36,37,38,39)/t28-/m1/s1. The van der Waals surface area contributed by atoms with Crippen LogP contribution in [0.2, 0.25) is 5.15 Å². The van der Waals surface area contributed by atoms with Crippen LogP contribution >= 0.6 is 11.6 Å². The highest BCUT2D eigenvalue weighted by Gasteiger charge is 2.25. The summed E-state index contributed by atoms with van der Waals surface area (Å²) < 4.78 is 7.97. The molecule has 0 fully saturated rings. The maximum Gasteiger partial charge on any atom is 0.324 e. The molecule has 0 bridgehead atoms.